The van der Waals surface area contributed by atoms with Gasteiger partial charge in [0.15, 0.2) is 11.0 Å². The first-order valence-corrected chi connectivity index (χ1v) is 13.2. The highest BCUT2D eigenvalue weighted by molar-refractivity contribution is 7.98. The van der Waals surface area contributed by atoms with Gasteiger partial charge in [0.2, 0.25) is 0 Å². The molecule has 0 aliphatic carbocycles. The molecule has 0 spiro atoms. The van der Waals surface area contributed by atoms with Gasteiger partial charge in [-0.15, -0.1) is 0 Å². The van der Waals surface area contributed by atoms with Crippen molar-refractivity contribution in [3.63, 3.8) is 0 Å². The molecule has 0 amide bonds. The quantitative estimate of drug-likeness (QED) is 0.211. The summed E-state index contributed by atoms with van der Waals surface area (Å²) < 4.78 is 5.33. The van der Waals surface area contributed by atoms with E-state index < -0.39 is 0 Å². The summed E-state index contributed by atoms with van der Waals surface area (Å²) in [4.78, 5) is 12.1. The van der Waals surface area contributed by atoms with E-state index in [9.17, 15) is 5.26 Å². The Hall–Kier alpha value is -3.82. The van der Waals surface area contributed by atoms with E-state index in [1.807, 2.05) is 42.5 Å². The summed E-state index contributed by atoms with van der Waals surface area (Å²) in [6, 6.07) is 31.2. The van der Waals surface area contributed by atoms with E-state index in [4.69, 9.17) is 14.7 Å². The van der Waals surface area contributed by atoms with Crippen LogP contribution in [0.5, 0.6) is 5.75 Å². The highest BCUT2D eigenvalue weighted by atomic mass is 32.2. The van der Waals surface area contributed by atoms with E-state index >= 15 is 0 Å². The van der Waals surface area contributed by atoms with Crippen molar-refractivity contribution in [3.05, 3.63) is 102 Å². The predicted molar refractivity (Wildman–Crippen MR) is 145 cm³/mol. The number of aromatic nitrogens is 2. The maximum Gasteiger partial charge on any atom is 0.190 e. The van der Waals surface area contributed by atoms with Crippen LogP contribution < -0.4 is 9.64 Å². The predicted octanol–water partition coefficient (Wildman–Crippen LogP) is 6.70. The summed E-state index contributed by atoms with van der Waals surface area (Å²) in [5.41, 5.74) is 4.69. The summed E-state index contributed by atoms with van der Waals surface area (Å²) in [6.07, 6.45) is 2.06. The topological polar surface area (TPSA) is 62.0 Å². The Labute approximate surface area is 216 Å². The summed E-state index contributed by atoms with van der Waals surface area (Å²) in [7, 11) is 1.65. The average molecular weight is 493 g/mol. The molecule has 2 heterocycles. The van der Waals surface area contributed by atoms with E-state index in [1.165, 1.54) is 11.1 Å². The van der Waals surface area contributed by atoms with Gasteiger partial charge in [-0.05, 0) is 54.2 Å². The lowest BCUT2D eigenvalue weighted by Crippen LogP contribution is -2.34. The van der Waals surface area contributed by atoms with Crippen LogP contribution in [0.4, 0.5) is 5.82 Å². The fourth-order valence-corrected chi connectivity index (χ4v) is 5.45. The molecule has 36 heavy (non-hydrogen) atoms. The molecule has 5 nitrogen and oxygen atoms in total. The number of rotatable bonds is 7. The Bertz CT molecular complexity index is 1330. The van der Waals surface area contributed by atoms with Crippen molar-refractivity contribution in [3.8, 4) is 23.1 Å². The molecule has 0 bridgehead atoms. The lowest BCUT2D eigenvalue weighted by molar-refractivity contribution is 0.415. The zero-order valence-corrected chi connectivity index (χ0v) is 21.1. The number of nitriles is 1. The molecular formula is C30H28N4OS. The molecule has 4 aromatic rings. The van der Waals surface area contributed by atoms with Gasteiger partial charge in [0, 0.05) is 24.4 Å². The van der Waals surface area contributed by atoms with Crippen molar-refractivity contribution >= 4 is 17.6 Å². The maximum atomic E-state index is 10.2. The Morgan fingerprint density at radius 1 is 0.917 bits per heavy atom. The van der Waals surface area contributed by atoms with Crippen LogP contribution in [0.3, 0.4) is 0 Å². The Kier molecular flexibility index (Phi) is 7.49. The highest BCUT2D eigenvalue weighted by Crippen LogP contribution is 2.36. The summed E-state index contributed by atoms with van der Waals surface area (Å²) >= 11 is 1.60. The Balaban J connectivity index is 1.47. The number of hydrogen-bond acceptors (Lipinski definition) is 6. The average Bonchev–Trinajstić information content (AvgIpc) is 2.96. The molecule has 0 atom stereocenters. The second-order valence-electron chi connectivity index (χ2n) is 8.84. The zero-order valence-electron chi connectivity index (χ0n) is 20.3. The number of thioether (sulfide) groups is 1. The SMILES string of the molecule is COc1ccc(-c2nc(SCc3ccccc3)nc(N3CCC(c4ccccc4)CC3)c2C#N)cc1. The standard InChI is InChI=1S/C30H28N4OS/c1-35-26-14-12-25(13-15-26)28-27(20-31)29(33-30(32-28)36-21-22-8-4-2-5-9-22)34-18-16-24(17-19-34)23-10-6-3-7-11-23/h2-15,24H,16-19,21H2,1H3. The van der Waals surface area contributed by atoms with Gasteiger partial charge in [0.05, 0.1) is 12.8 Å². The molecule has 0 saturated carbocycles. The lowest BCUT2D eigenvalue weighted by Gasteiger charge is -2.33. The Morgan fingerprint density at radius 3 is 2.22 bits per heavy atom. The van der Waals surface area contributed by atoms with Gasteiger partial charge in [0.25, 0.3) is 0 Å². The van der Waals surface area contributed by atoms with Crippen molar-refractivity contribution in [2.45, 2.75) is 29.7 Å². The summed E-state index contributed by atoms with van der Waals surface area (Å²) in [6.45, 7) is 1.71. The number of ether oxygens (including phenoxy) is 1. The number of anilines is 1. The smallest absolute Gasteiger partial charge is 0.190 e. The molecule has 1 aliphatic heterocycles. The van der Waals surface area contributed by atoms with Crippen molar-refractivity contribution in [2.75, 3.05) is 25.1 Å². The first kappa shape index (κ1) is 23.9. The minimum Gasteiger partial charge on any atom is -0.497 e. The van der Waals surface area contributed by atoms with E-state index in [-0.39, 0.29) is 0 Å². The number of nitrogens with zero attached hydrogens (tertiary/aromatic N) is 4. The van der Waals surface area contributed by atoms with Gasteiger partial charge in [-0.2, -0.15) is 5.26 Å². The van der Waals surface area contributed by atoms with Crippen molar-refractivity contribution in [2.24, 2.45) is 0 Å². The van der Waals surface area contributed by atoms with Crippen molar-refractivity contribution in [1.29, 1.82) is 5.26 Å². The number of benzene rings is 3. The molecule has 0 unspecified atom stereocenters. The van der Waals surface area contributed by atoms with Gasteiger partial charge >= 0.3 is 0 Å². The zero-order chi connectivity index (χ0) is 24.7. The first-order valence-electron chi connectivity index (χ1n) is 12.2. The number of piperidine rings is 1. The van der Waals surface area contributed by atoms with Crippen molar-refractivity contribution < 1.29 is 4.74 Å². The van der Waals surface area contributed by atoms with Gasteiger partial charge in [0.1, 0.15) is 17.4 Å². The van der Waals surface area contributed by atoms with E-state index in [1.54, 1.807) is 18.9 Å². The largest absolute Gasteiger partial charge is 0.497 e. The van der Waals surface area contributed by atoms with Crippen LogP contribution in [-0.2, 0) is 5.75 Å². The monoisotopic (exact) mass is 492 g/mol. The second-order valence-corrected chi connectivity index (χ2v) is 9.78. The maximum absolute atomic E-state index is 10.2. The van der Waals surface area contributed by atoms with Crippen molar-refractivity contribution in [1.82, 2.24) is 9.97 Å². The molecular weight excluding hydrogens is 464 g/mol. The highest BCUT2D eigenvalue weighted by Gasteiger charge is 2.26. The van der Waals surface area contributed by atoms with E-state index in [0.717, 1.165) is 48.8 Å². The van der Waals surface area contributed by atoms with Crippen LogP contribution in [0.1, 0.15) is 35.4 Å². The third kappa shape index (κ3) is 5.37. The minimum atomic E-state index is 0.530. The normalized spacial score (nSPS) is 13.8. The minimum absolute atomic E-state index is 0.530. The molecule has 1 aromatic heterocycles. The molecule has 5 rings (SSSR count). The summed E-state index contributed by atoms with van der Waals surface area (Å²) in [5.74, 6) is 2.81. The second kappa shape index (κ2) is 11.3. The first-order chi connectivity index (χ1) is 17.7. The fraction of sp³-hybridized carbons (Fsp3) is 0.233. The molecule has 180 valence electrons. The Morgan fingerprint density at radius 2 is 1.58 bits per heavy atom. The van der Waals surface area contributed by atoms with Gasteiger partial charge in [-0.25, -0.2) is 9.97 Å². The molecule has 0 radical (unpaired) electrons. The third-order valence-electron chi connectivity index (χ3n) is 6.62. The number of methoxy groups -OCH3 is 1. The van der Waals surface area contributed by atoms with Crippen LogP contribution in [0.15, 0.2) is 90.1 Å². The molecule has 6 heteroatoms. The van der Waals surface area contributed by atoms with E-state index in [2.05, 4.69) is 53.4 Å². The third-order valence-corrected chi connectivity index (χ3v) is 7.54. The lowest BCUT2D eigenvalue weighted by atomic mass is 9.89. The molecule has 1 fully saturated rings. The van der Waals surface area contributed by atoms with E-state index in [0.29, 0.717) is 22.3 Å². The molecule has 3 aromatic carbocycles. The van der Waals surface area contributed by atoms with Gasteiger partial charge in [-0.1, -0.05) is 72.4 Å². The number of hydrogen-bond donors (Lipinski definition) is 0. The fourth-order valence-electron chi connectivity index (χ4n) is 4.65. The van der Waals surface area contributed by atoms with Crippen LogP contribution in [0.25, 0.3) is 11.3 Å². The van der Waals surface area contributed by atoms with Crippen LogP contribution in [0.2, 0.25) is 0 Å². The molecule has 0 N–H and O–H groups in total. The van der Waals surface area contributed by atoms with Crippen LogP contribution >= 0.6 is 11.8 Å². The summed E-state index contributed by atoms with van der Waals surface area (Å²) in [5, 5.41) is 10.9. The van der Waals surface area contributed by atoms with Crippen LogP contribution in [0, 0.1) is 11.3 Å². The van der Waals surface area contributed by atoms with Gasteiger partial charge < -0.3 is 9.64 Å². The van der Waals surface area contributed by atoms with Gasteiger partial charge in [-0.3, -0.25) is 0 Å². The molecule has 1 aliphatic rings. The molecule has 1 saturated heterocycles. The van der Waals surface area contributed by atoms with Crippen LogP contribution in [-0.4, -0.2) is 30.2 Å².